The standard InChI is InChI=1S/C11H17FN2O/c1-15-6-2-5-14-11-4-3-9(8-13)7-10(11)12/h3-4,7,14H,2,5-6,8,13H2,1H3. The molecule has 3 nitrogen and oxygen atoms in total. The van der Waals surface area contributed by atoms with Crippen LogP contribution < -0.4 is 11.1 Å². The minimum absolute atomic E-state index is 0.254. The van der Waals surface area contributed by atoms with E-state index in [-0.39, 0.29) is 5.82 Å². The summed E-state index contributed by atoms with van der Waals surface area (Å²) in [4.78, 5) is 0. The quantitative estimate of drug-likeness (QED) is 0.706. The zero-order chi connectivity index (χ0) is 11.1. The Hall–Kier alpha value is -1.13. The van der Waals surface area contributed by atoms with Gasteiger partial charge in [-0.05, 0) is 24.1 Å². The van der Waals surface area contributed by atoms with Crippen molar-refractivity contribution in [2.45, 2.75) is 13.0 Å². The third-order valence-corrected chi connectivity index (χ3v) is 2.11. The van der Waals surface area contributed by atoms with Crippen LogP contribution in [0.15, 0.2) is 18.2 Å². The molecule has 0 radical (unpaired) electrons. The summed E-state index contributed by atoms with van der Waals surface area (Å²) in [5.74, 6) is -0.254. The molecule has 0 unspecified atom stereocenters. The number of rotatable bonds is 6. The van der Waals surface area contributed by atoms with E-state index >= 15 is 0 Å². The van der Waals surface area contributed by atoms with Crippen LogP contribution in [0.25, 0.3) is 0 Å². The molecule has 0 amide bonds. The summed E-state index contributed by atoms with van der Waals surface area (Å²) in [6, 6.07) is 4.99. The van der Waals surface area contributed by atoms with Gasteiger partial charge in [-0.15, -0.1) is 0 Å². The number of anilines is 1. The molecule has 1 aromatic rings. The van der Waals surface area contributed by atoms with Crippen molar-refractivity contribution >= 4 is 5.69 Å². The maximum absolute atomic E-state index is 13.4. The number of nitrogens with two attached hydrogens (primary N) is 1. The number of halogens is 1. The van der Waals surface area contributed by atoms with E-state index in [1.807, 2.05) is 6.07 Å². The highest BCUT2D eigenvalue weighted by Gasteiger charge is 2.01. The van der Waals surface area contributed by atoms with Crippen LogP contribution in [0.2, 0.25) is 0 Å². The molecule has 0 saturated carbocycles. The van der Waals surface area contributed by atoms with Crippen molar-refractivity contribution in [2.75, 3.05) is 25.6 Å². The van der Waals surface area contributed by atoms with Crippen molar-refractivity contribution in [3.63, 3.8) is 0 Å². The molecule has 0 bridgehead atoms. The molecule has 0 atom stereocenters. The molecule has 4 heteroatoms. The summed E-state index contributed by atoms with van der Waals surface area (Å²) >= 11 is 0. The third kappa shape index (κ3) is 3.85. The molecule has 0 spiro atoms. The van der Waals surface area contributed by atoms with Crippen molar-refractivity contribution in [2.24, 2.45) is 5.73 Å². The summed E-state index contributed by atoms with van der Waals surface area (Å²) in [5.41, 5.74) is 6.72. The van der Waals surface area contributed by atoms with Crippen molar-refractivity contribution in [1.82, 2.24) is 0 Å². The lowest BCUT2D eigenvalue weighted by Gasteiger charge is -2.08. The highest BCUT2D eigenvalue weighted by molar-refractivity contribution is 5.46. The van der Waals surface area contributed by atoms with Crippen molar-refractivity contribution in [1.29, 1.82) is 0 Å². The van der Waals surface area contributed by atoms with Crippen LogP contribution in [0.3, 0.4) is 0 Å². The number of hydrogen-bond acceptors (Lipinski definition) is 3. The van der Waals surface area contributed by atoms with Gasteiger partial charge in [0.05, 0.1) is 5.69 Å². The Labute approximate surface area is 89.4 Å². The van der Waals surface area contributed by atoms with Crippen LogP contribution in [0.4, 0.5) is 10.1 Å². The first-order valence-corrected chi connectivity index (χ1v) is 4.99. The Morgan fingerprint density at radius 1 is 1.47 bits per heavy atom. The molecule has 0 saturated heterocycles. The molecule has 1 aromatic carbocycles. The minimum atomic E-state index is -0.254. The topological polar surface area (TPSA) is 47.3 Å². The molecule has 0 aliphatic rings. The summed E-state index contributed by atoms with van der Waals surface area (Å²) < 4.78 is 18.3. The number of ether oxygens (including phenoxy) is 1. The monoisotopic (exact) mass is 212 g/mol. The second kappa shape index (κ2) is 6.37. The Morgan fingerprint density at radius 2 is 2.27 bits per heavy atom. The van der Waals surface area contributed by atoms with Crippen LogP contribution in [0, 0.1) is 5.82 Å². The third-order valence-electron chi connectivity index (χ3n) is 2.11. The maximum Gasteiger partial charge on any atom is 0.146 e. The average molecular weight is 212 g/mol. The summed E-state index contributed by atoms with van der Waals surface area (Å²) in [5, 5.41) is 3.00. The molecule has 15 heavy (non-hydrogen) atoms. The van der Waals surface area contributed by atoms with Gasteiger partial charge in [-0.25, -0.2) is 4.39 Å². The summed E-state index contributed by atoms with van der Waals surface area (Å²) in [7, 11) is 1.65. The van der Waals surface area contributed by atoms with Crippen LogP contribution in [0.5, 0.6) is 0 Å². The predicted octanol–water partition coefficient (Wildman–Crippen LogP) is 1.73. The van der Waals surface area contributed by atoms with Gasteiger partial charge in [-0.3, -0.25) is 0 Å². The van der Waals surface area contributed by atoms with Gasteiger partial charge in [0, 0.05) is 26.8 Å². The SMILES string of the molecule is COCCCNc1ccc(CN)cc1F. The van der Waals surface area contributed by atoms with E-state index in [0.717, 1.165) is 12.0 Å². The van der Waals surface area contributed by atoms with Gasteiger partial charge >= 0.3 is 0 Å². The Kier molecular flexibility index (Phi) is 5.07. The number of hydrogen-bond donors (Lipinski definition) is 2. The lowest BCUT2D eigenvalue weighted by molar-refractivity contribution is 0.197. The van der Waals surface area contributed by atoms with E-state index in [9.17, 15) is 4.39 Å². The van der Waals surface area contributed by atoms with Crippen molar-refractivity contribution < 1.29 is 9.13 Å². The van der Waals surface area contributed by atoms with Crippen LogP contribution in [-0.4, -0.2) is 20.3 Å². The van der Waals surface area contributed by atoms with E-state index in [4.69, 9.17) is 10.5 Å². The molecule has 3 N–H and O–H groups in total. The minimum Gasteiger partial charge on any atom is -0.385 e. The number of methoxy groups -OCH3 is 1. The Bertz CT molecular complexity index is 305. The predicted molar refractivity (Wildman–Crippen MR) is 59.3 cm³/mol. The van der Waals surface area contributed by atoms with Gasteiger partial charge in [-0.2, -0.15) is 0 Å². The largest absolute Gasteiger partial charge is 0.385 e. The Balaban J connectivity index is 2.47. The van der Waals surface area contributed by atoms with Gasteiger partial charge in [0.1, 0.15) is 5.82 Å². The van der Waals surface area contributed by atoms with Crippen molar-refractivity contribution in [3.05, 3.63) is 29.6 Å². The lowest BCUT2D eigenvalue weighted by atomic mass is 10.2. The lowest BCUT2D eigenvalue weighted by Crippen LogP contribution is -2.06. The molecule has 0 aromatic heterocycles. The molecule has 0 fully saturated rings. The smallest absolute Gasteiger partial charge is 0.146 e. The van der Waals surface area contributed by atoms with Gasteiger partial charge in [0.25, 0.3) is 0 Å². The van der Waals surface area contributed by atoms with Gasteiger partial charge in [0.2, 0.25) is 0 Å². The van der Waals surface area contributed by atoms with Crippen LogP contribution in [0.1, 0.15) is 12.0 Å². The second-order valence-electron chi connectivity index (χ2n) is 3.29. The first kappa shape index (κ1) is 11.9. The summed E-state index contributed by atoms with van der Waals surface area (Å²) in [6.45, 7) is 1.74. The molecule has 0 aliphatic carbocycles. The van der Waals surface area contributed by atoms with E-state index in [1.54, 1.807) is 13.2 Å². The van der Waals surface area contributed by atoms with Crippen molar-refractivity contribution in [3.8, 4) is 0 Å². The fourth-order valence-corrected chi connectivity index (χ4v) is 1.27. The maximum atomic E-state index is 13.4. The molecule has 1 rings (SSSR count). The van der Waals surface area contributed by atoms with Crippen LogP contribution in [-0.2, 0) is 11.3 Å². The second-order valence-corrected chi connectivity index (χ2v) is 3.29. The van der Waals surface area contributed by atoms with E-state index < -0.39 is 0 Å². The number of nitrogens with one attached hydrogen (secondary N) is 1. The van der Waals surface area contributed by atoms with E-state index in [0.29, 0.717) is 25.4 Å². The molecule has 0 aliphatic heterocycles. The Morgan fingerprint density at radius 3 is 2.87 bits per heavy atom. The highest BCUT2D eigenvalue weighted by atomic mass is 19.1. The fraction of sp³-hybridized carbons (Fsp3) is 0.455. The molecule has 84 valence electrons. The zero-order valence-corrected chi connectivity index (χ0v) is 8.92. The highest BCUT2D eigenvalue weighted by Crippen LogP contribution is 2.15. The van der Waals surface area contributed by atoms with E-state index in [1.165, 1.54) is 6.07 Å². The number of benzene rings is 1. The van der Waals surface area contributed by atoms with Gasteiger partial charge in [-0.1, -0.05) is 6.07 Å². The molecule has 0 heterocycles. The zero-order valence-electron chi connectivity index (χ0n) is 8.92. The summed E-state index contributed by atoms with van der Waals surface area (Å²) in [6.07, 6.45) is 0.856. The first-order valence-electron chi connectivity index (χ1n) is 4.99. The first-order chi connectivity index (χ1) is 7.27. The molecular formula is C11H17FN2O. The fourth-order valence-electron chi connectivity index (χ4n) is 1.27. The van der Waals surface area contributed by atoms with Crippen LogP contribution >= 0.6 is 0 Å². The van der Waals surface area contributed by atoms with Gasteiger partial charge in [0.15, 0.2) is 0 Å². The van der Waals surface area contributed by atoms with Gasteiger partial charge < -0.3 is 15.8 Å². The average Bonchev–Trinajstić information content (AvgIpc) is 2.26. The molecular weight excluding hydrogens is 195 g/mol. The van der Waals surface area contributed by atoms with E-state index in [2.05, 4.69) is 5.32 Å². The normalized spacial score (nSPS) is 10.3.